The molecule has 0 saturated carbocycles. The number of ether oxygens (including phenoxy) is 1. The summed E-state index contributed by atoms with van der Waals surface area (Å²) < 4.78 is 5.44. The summed E-state index contributed by atoms with van der Waals surface area (Å²) in [6.45, 7) is 3.16. The van der Waals surface area contributed by atoms with Crippen molar-refractivity contribution in [3.63, 3.8) is 0 Å². The molecule has 138 valence electrons. The van der Waals surface area contributed by atoms with Crippen LogP contribution >= 0.6 is 0 Å². The fourth-order valence-electron chi connectivity index (χ4n) is 2.66. The molecule has 0 aliphatic carbocycles. The van der Waals surface area contributed by atoms with Gasteiger partial charge in [-0.15, -0.1) is 0 Å². The number of carbonyl (C=O) groups excluding carboxylic acids is 1. The van der Waals surface area contributed by atoms with E-state index in [1.165, 1.54) is 5.56 Å². The summed E-state index contributed by atoms with van der Waals surface area (Å²) in [5.74, 6) is 0.650. The van der Waals surface area contributed by atoms with Gasteiger partial charge in [0.2, 0.25) is 0 Å². The predicted octanol–water partition coefficient (Wildman–Crippen LogP) is 4.20. The Balaban J connectivity index is 1.56. The largest absolute Gasteiger partial charge is 0.494 e. The highest BCUT2D eigenvalue weighted by Crippen LogP contribution is 2.20. The van der Waals surface area contributed by atoms with E-state index in [-0.39, 0.29) is 5.91 Å². The van der Waals surface area contributed by atoms with Crippen LogP contribution in [-0.2, 0) is 6.42 Å². The van der Waals surface area contributed by atoms with Gasteiger partial charge in [-0.1, -0.05) is 30.3 Å². The van der Waals surface area contributed by atoms with Crippen molar-refractivity contribution in [2.24, 2.45) is 0 Å². The zero-order chi connectivity index (χ0) is 18.9. The summed E-state index contributed by atoms with van der Waals surface area (Å²) in [5, 5.41) is 6.19. The average Bonchev–Trinajstić information content (AvgIpc) is 2.71. The minimum atomic E-state index is -0.179. The summed E-state index contributed by atoms with van der Waals surface area (Å²) in [4.78, 5) is 16.5. The lowest BCUT2D eigenvalue weighted by Gasteiger charge is -2.09. The molecule has 3 aromatic rings. The van der Waals surface area contributed by atoms with Crippen molar-refractivity contribution in [3.05, 3.63) is 84.2 Å². The molecule has 1 amide bonds. The van der Waals surface area contributed by atoms with Crippen LogP contribution in [0, 0.1) is 0 Å². The number of anilines is 2. The second-order valence-electron chi connectivity index (χ2n) is 6.00. The Bertz CT molecular complexity index is 864. The molecule has 1 heterocycles. The highest BCUT2D eigenvalue weighted by Gasteiger charge is 2.08. The molecule has 3 rings (SSSR count). The maximum atomic E-state index is 12.3. The van der Waals surface area contributed by atoms with Crippen molar-refractivity contribution in [1.82, 2.24) is 10.3 Å². The first kappa shape index (κ1) is 18.5. The van der Waals surface area contributed by atoms with Crippen LogP contribution in [0.3, 0.4) is 0 Å². The standard InChI is InChI=1S/C22H23N3O2/c1-2-27-20-10-8-18(9-11-20)25-19-13-15-23-21(16-19)22(26)24-14-12-17-6-4-3-5-7-17/h3-11,13,15-16H,2,12,14H2,1H3,(H,23,25)(H,24,26). The first-order valence-corrected chi connectivity index (χ1v) is 9.02. The maximum Gasteiger partial charge on any atom is 0.269 e. The van der Waals surface area contributed by atoms with E-state index in [9.17, 15) is 4.79 Å². The van der Waals surface area contributed by atoms with Crippen molar-refractivity contribution in [1.29, 1.82) is 0 Å². The van der Waals surface area contributed by atoms with Crippen LogP contribution in [0.5, 0.6) is 5.75 Å². The van der Waals surface area contributed by atoms with Gasteiger partial charge in [-0.25, -0.2) is 0 Å². The fraction of sp³-hybridized carbons (Fsp3) is 0.182. The molecule has 2 aromatic carbocycles. The lowest BCUT2D eigenvalue weighted by atomic mass is 10.1. The van der Waals surface area contributed by atoms with Crippen LogP contribution in [-0.4, -0.2) is 24.0 Å². The molecule has 0 aliphatic heterocycles. The van der Waals surface area contributed by atoms with Gasteiger partial charge in [0.1, 0.15) is 11.4 Å². The molecule has 0 unspecified atom stereocenters. The number of rotatable bonds is 8. The second kappa shape index (κ2) is 9.38. The van der Waals surface area contributed by atoms with Crippen molar-refractivity contribution in [2.75, 3.05) is 18.5 Å². The third-order valence-electron chi connectivity index (χ3n) is 3.99. The van der Waals surface area contributed by atoms with Crippen LogP contribution in [0.25, 0.3) is 0 Å². The number of aromatic nitrogens is 1. The number of pyridine rings is 1. The summed E-state index contributed by atoms with van der Waals surface area (Å²) in [6.07, 6.45) is 2.42. The van der Waals surface area contributed by atoms with Gasteiger partial charge in [0.05, 0.1) is 6.61 Å². The Morgan fingerprint density at radius 3 is 2.52 bits per heavy atom. The van der Waals surface area contributed by atoms with Crippen molar-refractivity contribution < 1.29 is 9.53 Å². The van der Waals surface area contributed by atoms with E-state index in [1.54, 1.807) is 12.3 Å². The molecule has 27 heavy (non-hydrogen) atoms. The van der Waals surface area contributed by atoms with Gasteiger partial charge < -0.3 is 15.4 Å². The monoisotopic (exact) mass is 361 g/mol. The molecule has 0 fully saturated rings. The number of benzene rings is 2. The lowest BCUT2D eigenvalue weighted by molar-refractivity contribution is 0.0949. The molecule has 1 aromatic heterocycles. The number of amides is 1. The summed E-state index contributed by atoms with van der Waals surface area (Å²) in [6, 6.07) is 21.3. The zero-order valence-corrected chi connectivity index (χ0v) is 15.3. The maximum absolute atomic E-state index is 12.3. The summed E-state index contributed by atoms with van der Waals surface area (Å²) in [7, 11) is 0. The zero-order valence-electron chi connectivity index (χ0n) is 15.3. The Kier molecular flexibility index (Phi) is 6.41. The van der Waals surface area contributed by atoms with Gasteiger partial charge in [0.15, 0.2) is 0 Å². The molecule has 5 heteroatoms. The molecule has 0 radical (unpaired) electrons. The van der Waals surface area contributed by atoms with Crippen LogP contribution in [0.4, 0.5) is 11.4 Å². The number of hydrogen-bond acceptors (Lipinski definition) is 4. The third kappa shape index (κ3) is 5.57. The van der Waals surface area contributed by atoms with Gasteiger partial charge in [0, 0.05) is 24.1 Å². The Morgan fingerprint density at radius 2 is 1.78 bits per heavy atom. The SMILES string of the molecule is CCOc1ccc(Nc2ccnc(C(=O)NCCc3ccccc3)c2)cc1. The minimum Gasteiger partial charge on any atom is -0.494 e. The number of nitrogens with one attached hydrogen (secondary N) is 2. The van der Waals surface area contributed by atoms with E-state index in [4.69, 9.17) is 4.74 Å². The average molecular weight is 361 g/mol. The van der Waals surface area contributed by atoms with E-state index in [0.717, 1.165) is 23.5 Å². The number of nitrogens with zero attached hydrogens (tertiary/aromatic N) is 1. The van der Waals surface area contributed by atoms with Gasteiger partial charge in [0.25, 0.3) is 5.91 Å². The normalized spacial score (nSPS) is 10.3. The smallest absolute Gasteiger partial charge is 0.269 e. The van der Waals surface area contributed by atoms with E-state index >= 15 is 0 Å². The van der Waals surface area contributed by atoms with Crippen LogP contribution < -0.4 is 15.4 Å². The molecule has 0 aliphatic rings. The Morgan fingerprint density at radius 1 is 1.00 bits per heavy atom. The number of carbonyl (C=O) groups is 1. The third-order valence-corrected chi connectivity index (χ3v) is 3.99. The summed E-state index contributed by atoms with van der Waals surface area (Å²) >= 11 is 0. The molecule has 2 N–H and O–H groups in total. The number of hydrogen-bond donors (Lipinski definition) is 2. The van der Waals surface area contributed by atoms with Gasteiger partial charge in [-0.05, 0) is 55.3 Å². The van der Waals surface area contributed by atoms with Crippen molar-refractivity contribution in [2.45, 2.75) is 13.3 Å². The van der Waals surface area contributed by atoms with Gasteiger partial charge in [-0.3, -0.25) is 9.78 Å². The Hall–Kier alpha value is -3.34. The minimum absolute atomic E-state index is 0.179. The quantitative estimate of drug-likeness (QED) is 0.631. The molecular formula is C22H23N3O2. The lowest BCUT2D eigenvalue weighted by Crippen LogP contribution is -2.26. The highest BCUT2D eigenvalue weighted by atomic mass is 16.5. The van der Waals surface area contributed by atoms with Crippen LogP contribution in [0.1, 0.15) is 23.0 Å². The second-order valence-corrected chi connectivity index (χ2v) is 6.00. The van der Waals surface area contributed by atoms with Crippen LogP contribution in [0.15, 0.2) is 72.9 Å². The molecule has 0 atom stereocenters. The molecular weight excluding hydrogens is 338 g/mol. The predicted molar refractivity (Wildman–Crippen MR) is 108 cm³/mol. The van der Waals surface area contributed by atoms with E-state index < -0.39 is 0 Å². The van der Waals surface area contributed by atoms with Crippen LogP contribution in [0.2, 0.25) is 0 Å². The first-order chi connectivity index (χ1) is 13.2. The highest BCUT2D eigenvalue weighted by molar-refractivity contribution is 5.93. The van der Waals surface area contributed by atoms with E-state index in [1.807, 2.05) is 67.6 Å². The first-order valence-electron chi connectivity index (χ1n) is 9.02. The molecule has 5 nitrogen and oxygen atoms in total. The topological polar surface area (TPSA) is 63.2 Å². The van der Waals surface area contributed by atoms with Gasteiger partial charge in [-0.2, -0.15) is 0 Å². The van der Waals surface area contributed by atoms with Crippen molar-refractivity contribution >= 4 is 17.3 Å². The fourth-order valence-corrected chi connectivity index (χ4v) is 2.66. The van der Waals surface area contributed by atoms with E-state index in [0.29, 0.717) is 18.8 Å². The summed E-state index contributed by atoms with van der Waals surface area (Å²) in [5.41, 5.74) is 3.30. The van der Waals surface area contributed by atoms with E-state index in [2.05, 4.69) is 15.6 Å². The Labute approximate surface area is 159 Å². The van der Waals surface area contributed by atoms with Crippen molar-refractivity contribution in [3.8, 4) is 5.75 Å². The molecule has 0 spiro atoms. The molecule has 0 saturated heterocycles. The van der Waals surface area contributed by atoms with Gasteiger partial charge >= 0.3 is 0 Å². The molecule has 0 bridgehead atoms.